The summed E-state index contributed by atoms with van der Waals surface area (Å²) in [5, 5.41) is 21.3. The van der Waals surface area contributed by atoms with Crippen LogP contribution in [0.25, 0.3) is 0 Å². The lowest BCUT2D eigenvalue weighted by Crippen LogP contribution is -2.60. The van der Waals surface area contributed by atoms with Crippen molar-refractivity contribution < 1.29 is 33.8 Å². The molecule has 0 spiro atoms. The fourth-order valence-corrected chi connectivity index (χ4v) is 3.56. The lowest BCUT2D eigenvalue weighted by atomic mass is 10.0. The summed E-state index contributed by atoms with van der Waals surface area (Å²) in [5.74, 6) is -0.959. The number of hydrogen-bond donors (Lipinski definition) is 3. The molecule has 27 heavy (non-hydrogen) atoms. The average Bonchev–Trinajstić information content (AvgIpc) is 2.68. The summed E-state index contributed by atoms with van der Waals surface area (Å²) in [6.45, 7) is 4.76. The summed E-state index contributed by atoms with van der Waals surface area (Å²) in [6.07, 6.45) is -1.12. The Morgan fingerprint density at radius 2 is 1.96 bits per heavy atom. The van der Waals surface area contributed by atoms with E-state index in [1.165, 1.54) is 0 Å². The van der Waals surface area contributed by atoms with Crippen molar-refractivity contribution in [2.45, 2.75) is 44.0 Å². The maximum atomic E-state index is 11.8. The molecule has 3 N–H and O–H groups in total. The molecule has 0 saturated carbocycles. The first-order valence-electron chi connectivity index (χ1n) is 8.96. The molecule has 1 aromatic carbocycles. The van der Waals surface area contributed by atoms with Crippen LogP contribution in [0.1, 0.15) is 29.8 Å². The van der Waals surface area contributed by atoms with Crippen molar-refractivity contribution >= 4 is 14.4 Å². The van der Waals surface area contributed by atoms with E-state index in [1.54, 1.807) is 38.1 Å². The molecular weight excluding hydrogens is 373 g/mol. The summed E-state index contributed by atoms with van der Waals surface area (Å²) < 4.78 is 28.4. The van der Waals surface area contributed by atoms with Gasteiger partial charge in [0.25, 0.3) is 0 Å². The molecule has 2 rings (SSSR count). The number of nitrogens with one attached hydrogen (secondary N) is 1. The van der Waals surface area contributed by atoms with Crippen molar-refractivity contribution in [1.82, 2.24) is 5.32 Å². The Bertz CT molecular complexity index is 613. The Hall–Kier alpha value is -1.41. The number of benzene rings is 1. The lowest BCUT2D eigenvalue weighted by molar-refractivity contribution is -0.238. The van der Waals surface area contributed by atoms with Gasteiger partial charge in [0.1, 0.15) is 6.10 Å². The second-order valence-corrected chi connectivity index (χ2v) is 7.31. The predicted octanol–water partition coefficient (Wildman–Crippen LogP) is 1.40. The number of aliphatic hydroxyl groups is 1. The summed E-state index contributed by atoms with van der Waals surface area (Å²) in [6, 6.07) is 6.67. The van der Waals surface area contributed by atoms with Gasteiger partial charge in [0.05, 0.1) is 12.2 Å². The van der Waals surface area contributed by atoms with Gasteiger partial charge in [-0.2, -0.15) is 0 Å². The number of carbonyl (C=O) groups is 1. The minimum Gasteiger partial charge on any atom is -0.478 e. The van der Waals surface area contributed by atoms with Gasteiger partial charge in [-0.1, -0.05) is 16.7 Å². The smallest absolute Gasteiger partial charge is 0.368 e. The van der Waals surface area contributed by atoms with Crippen molar-refractivity contribution in [2.75, 3.05) is 26.4 Å². The maximum absolute atomic E-state index is 11.8. The van der Waals surface area contributed by atoms with Crippen LogP contribution in [0.15, 0.2) is 24.3 Å². The number of aromatic carboxylic acids is 1. The van der Waals surface area contributed by atoms with Gasteiger partial charge >= 0.3 is 19.8 Å². The standard InChI is InChI=1S/C18H26NO7P/c1-3-24-17(25-4-2)18(22,27-23)15-10-19-14(11-26-15)9-12-5-7-13(8-6-12)16(20)21/h5-8,14-15,17,19,22H,3-4,9-11H2,1-2H3,(H,20,21)/p+1/t14-,15-,18?/m1/s1. The summed E-state index contributed by atoms with van der Waals surface area (Å²) in [4.78, 5) is 10.9. The Balaban J connectivity index is 1.96. The van der Waals surface area contributed by atoms with Gasteiger partial charge in [-0.15, -0.1) is 0 Å². The highest BCUT2D eigenvalue weighted by atomic mass is 31.1. The van der Waals surface area contributed by atoms with Gasteiger partial charge < -0.3 is 29.7 Å². The first-order chi connectivity index (χ1) is 12.9. The average molecular weight is 400 g/mol. The number of hydrogen-bond acceptors (Lipinski definition) is 7. The van der Waals surface area contributed by atoms with E-state index in [2.05, 4.69) is 5.32 Å². The zero-order valence-corrected chi connectivity index (χ0v) is 16.5. The van der Waals surface area contributed by atoms with E-state index >= 15 is 0 Å². The van der Waals surface area contributed by atoms with Gasteiger partial charge in [-0.05, 0) is 38.0 Å². The molecule has 150 valence electrons. The molecule has 0 aliphatic carbocycles. The number of rotatable bonds is 10. The molecule has 8 nitrogen and oxygen atoms in total. The molecule has 0 bridgehead atoms. The zero-order chi connectivity index (χ0) is 19.9. The lowest BCUT2D eigenvalue weighted by Gasteiger charge is -2.36. The third-order valence-electron chi connectivity index (χ3n) is 4.42. The minimum absolute atomic E-state index is 0.00574. The Labute approximate surface area is 160 Å². The van der Waals surface area contributed by atoms with Crippen molar-refractivity contribution in [3.05, 3.63) is 35.4 Å². The normalized spacial score (nSPS) is 22.7. The van der Waals surface area contributed by atoms with E-state index < -0.39 is 32.2 Å². The highest BCUT2D eigenvalue weighted by Gasteiger charge is 2.56. The van der Waals surface area contributed by atoms with Gasteiger partial charge in [0.15, 0.2) is 0 Å². The topological polar surface area (TPSA) is 114 Å². The first-order valence-corrected chi connectivity index (χ1v) is 9.87. The van der Waals surface area contributed by atoms with E-state index in [0.29, 0.717) is 32.8 Å². The van der Waals surface area contributed by atoms with Gasteiger partial charge in [0, 0.05) is 25.8 Å². The monoisotopic (exact) mass is 400 g/mol. The van der Waals surface area contributed by atoms with Crippen LogP contribution in [0.2, 0.25) is 0 Å². The third kappa shape index (κ3) is 5.54. The predicted molar refractivity (Wildman–Crippen MR) is 99.6 cm³/mol. The molecule has 1 saturated heterocycles. The van der Waals surface area contributed by atoms with Gasteiger partial charge in [0.2, 0.25) is 6.29 Å². The first kappa shape index (κ1) is 21.9. The number of carboxylic acids is 1. The van der Waals surface area contributed by atoms with Crippen molar-refractivity contribution in [3.8, 4) is 0 Å². The molecule has 2 unspecified atom stereocenters. The SMILES string of the molecule is CCOC(OCC)C(O)([PH+]=O)[C@H]1CN[C@H](Cc2ccc(C(=O)O)cc2)CO1. The fourth-order valence-electron chi connectivity index (χ4n) is 2.98. The van der Waals surface area contributed by atoms with Crippen LogP contribution in [0, 0.1) is 0 Å². The van der Waals surface area contributed by atoms with Crippen LogP contribution in [0.3, 0.4) is 0 Å². The zero-order valence-electron chi connectivity index (χ0n) is 15.5. The van der Waals surface area contributed by atoms with Crippen LogP contribution in [-0.2, 0) is 25.2 Å². The summed E-state index contributed by atoms with van der Waals surface area (Å²) in [7, 11) is -1.07. The van der Waals surface area contributed by atoms with Crippen molar-refractivity contribution in [2.24, 2.45) is 0 Å². The highest BCUT2D eigenvalue weighted by Crippen LogP contribution is 2.34. The molecule has 1 aliphatic rings. The molecule has 1 heterocycles. The molecule has 4 atom stereocenters. The molecule has 0 aromatic heterocycles. The molecular formula is C18H27NO7P+. The summed E-state index contributed by atoms with van der Waals surface area (Å²) in [5.41, 5.74) is 1.22. The van der Waals surface area contributed by atoms with Crippen LogP contribution >= 0.6 is 8.46 Å². The molecule has 1 aliphatic heterocycles. The minimum atomic E-state index is -1.76. The molecule has 9 heteroatoms. The number of morpholine rings is 1. The number of ether oxygens (including phenoxy) is 3. The Morgan fingerprint density at radius 3 is 2.41 bits per heavy atom. The number of carboxylic acid groups (broad SMARTS) is 1. The second-order valence-electron chi connectivity index (χ2n) is 6.30. The van der Waals surface area contributed by atoms with Crippen LogP contribution < -0.4 is 5.32 Å². The molecule has 1 fully saturated rings. The molecule has 0 amide bonds. The van der Waals surface area contributed by atoms with E-state index in [-0.39, 0.29) is 11.6 Å². The van der Waals surface area contributed by atoms with Crippen molar-refractivity contribution in [3.63, 3.8) is 0 Å². The van der Waals surface area contributed by atoms with E-state index in [4.69, 9.17) is 19.3 Å². The molecule has 1 aromatic rings. The third-order valence-corrected chi connectivity index (χ3v) is 5.31. The van der Waals surface area contributed by atoms with E-state index in [9.17, 15) is 14.5 Å². The van der Waals surface area contributed by atoms with Crippen molar-refractivity contribution in [1.29, 1.82) is 0 Å². The van der Waals surface area contributed by atoms with Gasteiger partial charge in [-0.3, -0.25) is 0 Å². The summed E-state index contributed by atoms with van der Waals surface area (Å²) >= 11 is 0. The van der Waals surface area contributed by atoms with E-state index in [1.807, 2.05) is 0 Å². The maximum Gasteiger partial charge on any atom is 0.368 e. The van der Waals surface area contributed by atoms with E-state index in [0.717, 1.165) is 5.56 Å². The van der Waals surface area contributed by atoms with Gasteiger partial charge in [-0.25, -0.2) is 4.79 Å². The van der Waals surface area contributed by atoms with Crippen LogP contribution in [-0.4, -0.2) is 66.3 Å². The quantitative estimate of drug-likeness (QED) is 0.399. The van der Waals surface area contributed by atoms with Crippen LogP contribution in [0.4, 0.5) is 0 Å². The molecule has 0 radical (unpaired) electrons. The fraction of sp³-hybridized carbons (Fsp3) is 0.611. The highest BCUT2D eigenvalue weighted by molar-refractivity contribution is 7.25. The Kier molecular flexibility index (Phi) is 8.28. The largest absolute Gasteiger partial charge is 0.478 e. The van der Waals surface area contributed by atoms with Crippen LogP contribution in [0.5, 0.6) is 0 Å². The second kappa shape index (κ2) is 10.2. The Morgan fingerprint density at radius 1 is 1.33 bits per heavy atom.